The van der Waals surface area contributed by atoms with E-state index in [9.17, 15) is 4.79 Å². The summed E-state index contributed by atoms with van der Waals surface area (Å²) >= 11 is 0. The summed E-state index contributed by atoms with van der Waals surface area (Å²) in [6.45, 7) is 5.68. The van der Waals surface area contributed by atoms with Gasteiger partial charge in [-0.15, -0.1) is 24.0 Å². The van der Waals surface area contributed by atoms with E-state index in [2.05, 4.69) is 10.3 Å². The summed E-state index contributed by atoms with van der Waals surface area (Å²) in [7, 11) is 1.62. The third kappa shape index (κ3) is 7.01. The van der Waals surface area contributed by atoms with Crippen LogP contribution >= 0.6 is 24.0 Å². The Balaban J connectivity index is 0.00000338. The van der Waals surface area contributed by atoms with Crippen molar-refractivity contribution in [1.29, 1.82) is 0 Å². The average molecular weight is 475 g/mol. The van der Waals surface area contributed by atoms with Crippen LogP contribution in [0, 0.1) is 5.92 Å². The molecule has 1 saturated carbocycles. The van der Waals surface area contributed by atoms with E-state index >= 15 is 0 Å². The Kier molecular flexibility index (Phi) is 8.66. The van der Waals surface area contributed by atoms with Crippen molar-refractivity contribution in [3.05, 3.63) is 24.3 Å². The van der Waals surface area contributed by atoms with Crippen molar-refractivity contribution < 1.29 is 14.3 Å². The molecule has 2 rings (SSSR count). The minimum atomic E-state index is -0.435. The summed E-state index contributed by atoms with van der Waals surface area (Å²) in [4.78, 5) is 16.7. The van der Waals surface area contributed by atoms with Crippen LogP contribution in [0.3, 0.4) is 0 Å². The van der Waals surface area contributed by atoms with E-state index in [0.29, 0.717) is 11.7 Å². The molecule has 7 heteroatoms. The van der Waals surface area contributed by atoms with Crippen molar-refractivity contribution in [2.24, 2.45) is 16.6 Å². The molecule has 1 aliphatic carbocycles. The summed E-state index contributed by atoms with van der Waals surface area (Å²) in [6.07, 6.45) is 3.23. The number of halogens is 1. The van der Waals surface area contributed by atoms with Crippen LogP contribution in [-0.4, -0.2) is 30.7 Å². The largest absolute Gasteiger partial charge is 0.495 e. The zero-order chi connectivity index (χ0) is 18.4. The monoisotopic (exact) mass is 475 g/mol. The number of nitrogens with two attached hydrogens (primary N) is 1. The molecule has 0 heterocycles. The molecule has 1 aromatic carbocycles. The Labute approximate surface area is 172 Å². The average Bonchev–Trinajstić information content (AvgIpc) is 2.54. The first-order valence-electron chi connectivity index (χ1n) is 8.74. The van der Waals surface area contributed by atoms with Crippen molar-refractivity contribution in [2.75, 3.05) is 12.4 Å². The molecule has 0 bridgehead atoms. The zero-order valence-corrected chi connectivity index (χ0v) is 18.3. The molecule has 1 fully saturated rings. The fraction of sp³-hybridized carbons (Fsp3) is 0.579. The second kappa shape index (κ2) is 9.99. The van der Waals surface area contributed by atoms with Crippen molar-refractivity contribution >= 4 is 41.6 Å². The molecule has 1 aliphatic rings. The summed E-state index contributed by atoms with van der Waals surface area (Å²) in [6, 6.07) is 7.68. The van der Waals surface area contributed by atoms with Gasteiger partial charge in [-0.25, -0.2) is 4.99 Å². The quantitative estimate of drug-likeness (QED) is 0.298. The second-order valence-electron chi connectivity index (χ2n) is 7.38. The Morgan fingerprint density at radius 1 is 1.19 bits per heavy atom. The summed E-state index contributed by atoms with van der Waals surface area (Å²) < 4.78 is 10.8. The molecule has 26 heavy (non-hydrogen) atoms. The fourth-order valence-corrected chi connectivity index (χ4v) is 2.94. The Morgan fingerprint density at radius 2 is 1.81 bits per heavy atom. The second-order valence-corrected chi connectivity index (χ2v) is 7.38. The highest BCUT2D eigenvalue weighted by molar-refractivity contribution is 14.0. The number of hydrogen-bond donors (Lipinski definition) is 2. The van der Waals surface area contributed by atoms with Gasteiger partial charge in [-0.2, -0.15) is 0 Å². The number of nitrogens with zero attached hydrogens (tertiary/aromatic N) is 1. The van der Waals surface area contributed by atoms with Gasteiger partial charge in [-0.3, -0.25) is 4.79 Å². The van der Waals surface area contributed by atoms with E-state index in [1.165, 1.54) is 0 Å². The Morgan fingerprint density at radius 3 is 2.38 bits per heavy atom. The number of anilines is 1. The number of para-hydroxylation sites is 2. The van der Waals surface area contributed by atoms with Crippen LogP contribution in [-0.2, 0) is 9.53 Å². The van der Waals surface area contributed by atoms with Crippen LogP contribution < -0.4 is 15.8 Å². The SMILES string of the molecule is COc1ccccc1NC(N)=NC1CCC(C(=O)OC(C)(C)C)CC1.I. The first-order valence-corrected chi connectivity index (χ1v) is 8.74. The molecule has 6 nitrogen and oxygen atoms in total. The lowest BCUT2D eigenvalue weighted by molar-refractivity contribution is -0.161. The highest BCUT2D eigenvalue weighted by atomic mass is 127. The first kappa shape index (κ1) is 22.5. The molecule has 0 spiro atoms. The molecule has 0 saturated heterocycles. The highest BCUT2D eigenvalue weighted by Gasteiger charge is 2.29. The Bertz CT molecular complexity index is 621. The van der Waals surface area contributed by atoms with Crippen molar-refractivity contribution in [1.82, 2.24) is 0 Å². The molecule has 0 amide bonds. The van der Waals surface area contributed by atoms with Gasteiger partial charge >= 0.3 is 5.97 Å². The van der Waals surface area contributed by atoms with Crippen LogP contribution in [0.1, 0.15) is 46.5 Å². The number of ether oxygens (including phenoxy) is 2. The Hall–Kier alpha value is -1.51. The molecule has 0 aliphatic heterocycles. The summed E-state index contributed by atoms with van der Waals surface area (Å²) in [5.41, 5.74) is 6.38. The van der Waals surface area contributed by atoms with Crippen molar-refractivity contribution in [2.45, 2.75) is 58.1 Å². The molecule has 3 N–H and O–H groups in total. The molecule has 146 valence electrons. The molecule has 0 atom stereocenters. The van der Waals surface area contributed by atoms with E-state index in [4.69, 9.17) is 15.2 Å². The highest BCUT2D eigenvalue weighted by Crippen LogP contribution is 2.29. The predicted molar refractivity (Wildman–Crippen MR) is 115 cm³/mol. The first-order chi connectivity index (χ1) is 11.8. The lowest BCUT2D eigenvalue weighted by atomic mass is 9.86. The molecule has 1 aromatic rings. The minimum absolute atomic E-state index is 0. The smallest absolute Gasteiger partial charge is 0.309 e. The number of benzene rings is 1. The van der Waals surface area contributed by atoms with Crippen LogP contribution in [0.25, 0.3) is 0 Å². The van der Waals surface area contributed by atoms with Crippen LogP contribution in [0.5, 0.6) is 5.75 Å². The van der Waals surface area contributed by atoms with E-state index < -0.39 is 5.60 Å². The zero-order valence-electron chi connectivity index (χ0n) is 16.0. The molecule has 0 unspecified atom stereocenters. The lowest BCUT2D eigenvalue weighted by Gasteiger charge is -2.28. The lowest BCUT2D eigenvalue weighted by Crippen LogP contribution is -2.32. The summed E-state index contributed by atoms with van der Waals surface area (Å²) in [5.74, 6) is 0.948. The van der Waals surface area contributed by atoms with E-state index in [1.807, 2.05) is 45.0 Å². The maximum absolute atomic E-state index is 12.1. The minimum Gasteiger partial charge on any atom is -0.495 e. The third-order valence-electron chi connectivity index (χ3n) is 4.13. The molecular formula is C19H30IN3O3. The van der Waals surface area contributed by atoms with Gasteiger partial charge in [0, 0.05) is 0 Å². The van der Waals surface area contributed by atoms with Gasteiger partial charge in [0.25, 0.3) is 0 Å². The normalized spacial score (nSPS) is 20.7. The number of aliphatic imine (C=N–C) groups is 1. The van der Waals surface area contributed by atoms with Gasteiger partial charge in [0.1, 0.15) is 11.4 Å². The van der Waals surface area contributed by atoms with Gasteiger partial charge < -0.3 is 20.5 Å². The maximum Gasteiger partial charge on any atom is 0.309 e. The standard InChI is InChI=1S/C19H29N3O3.HI/c1-19(2,3)25-17(23)13-9-11-14(12-10-13)21-18(20)22-15-7-5-6-8-16(15)24-4;/h5-8,13-14H,9-12H2,1-4H3,(H3,20,21,22);1H. The number of hydrogen-bond acceptors (Lipinski definition) is 4. The van der Waals surface area contributed by atoms with Gasteiger partial charge in [-0.1, -0.05) is 12.1 Å². The summed E-state index contributed by atoms with van der Waals surface area (Å²) in [5, 5.41) is 3.08. The van der Waals surface area contributed by atoms with Crippen LogP contribution in [0.4, 0.5) is 5.69 Å². The predicted octanol–water partition coefficient (Wildman–Crippen LogP) is 3.94. The molecule has 0 radical (unpaired) electrons. The number of methoxy groups -OCH3 is 1. The van der Waals surface area contributed by atoms with Gasteiger partial charge in [0.05, 0.1) is 24.8 Å². The van der Waals surface area contributed by atoms with Crippen molar-refractivity contribution in [3.63, 3.8) is 0 Å². The number of guanidine groups is 1. The van der Waals surface area contributed by atoms with Crippen LogP contribution in [0.15, 0.2) is 29.3 Å². The van der Waals surface area contributed by atoms with E-state index in [0.717, 1.165) is 31.4 Å². The number of esters is 1. The van der Waals surface area contributed by atoms with Crippen molar-refractivity contribution in [3.8, 4) is 5.75 Å². The number of rotatable bonds is 4. The third-order valence-corrected chi connectivity index (χ3v) is 4.13. The molecule has 0 aromatic heterocycles. The van der Waals surface area contributed by atoms with Gasteiger partial charge in [0.15, 0.2) is 5.96 Å². The topological polar surface area (TPSA) is 85.9 Å². The number of nitrogens with one attached hydrogen (secondary N) is 1. The van der Waals surface area contributed by atoms with E-state index in [-0.39, 0.29) is 41.9 Å². The maximum atomic E-state index is 12.1. The molecular weight excluding hydrogens is 445 g/mol. The fourth-order valence-electron chi connectivity index (χ4n) is 2.94. The number of carbonyl (C=O) groups is 1. The van der Waals surface area contributed by atoms with Gasteiger partial charge in [0.2, 0.25) is 0 Å². The van der Waals surface area contributed by atoms with Crippen LogP contribution in [0.2, 0.25) is 0 Å². The van der Waals surface area contributed by atoms with Gasteiger partial charge in [-0.05, 0) is 58.6 Å². The number of carbonyl (C=O) groups excluding carboxylic acids is 1. The van der Waals surface area contributed by atoms with E-state index in [1.54, 1.807) is 7.11 Å².